The van der Waals surface area contributed by atoms with Crippen LogP contribution in [0.5, 0.6) is 0 Å². The Morgan fingerprint density at radius 2 is 2.18 bits per heavy atom. The Morgan fingerprint density at radius 3 is 2.76 bits per heavy atom. The number of piperidine rings is 1. The summed E-state index contributed by atoms with van der Waals surface area (Å²) in [7, 11) is 0. The van der Waals surface area contributed by atoms with E-state index in [0.29, 0.717) is 6.54 Å². The maximum atomic E-state index is 13.9. The smallest absolute Gasteiger partial charge is 0.170 e. The van der Waals surface area contributed by atoms with E-state index >= 15 is 0 Å². The standard InChI is InChI=1S/C14H18FNO/c1-9-6-10(2)13(12(15)7-9)14(17)11-4-3-5-16-8-11/h6-7,11,16H,3-5,8H2,1-2H3. The van der Waals surface area contributed by atoms with Crippen LogP contribution in [0.15, 0.2) is 12.1 Å². The molecule has 1 saturated heterocycles. The maximum absolute atomic E-state index is 13.9. The molecule has 0 bridgehead atoms. The molecule has 1 N–H and O–H groups in total. The summed E-state index contributed by atoms with van der Waals surface area (Å²) >= 11 is 0. The van der Waals surface area contributed by atoms with Crippen LogP contribution in [0.1, 0.15) is 34.3 Å². The van der Waals surface area contributed by atoms with Gasteiger partial charge in [0.25, 0.3) is 0 Å². The summed E-state index contributed by atoms with van der Waals surface area (Å²) in [6, 6.07) is 3.31. The molecule has 1 aromatic carbocycles. The number of benzene rings is 1. The van der Waals surface area contributed by atoms with Gasteiger partial charge in [0.2, 0.25) is 0 Å². The summed E-state index contributed by atoms with van der Waals surface area (Å²) in [6.45, 7) is 5.27. The zero-order valence-electron chi connectivity index (χ0n) is 10.3. The van der Waals surface area contributed by atoms with Crippen molar-refractivity contribution < 1.29 is 9.18 Å². The first kappa shape index (κ1) is 12.2. The van der Waals surface area contributed by atoms with E-state index in [4.69, 9.17) is 0 Å². The van der Waals surface area contributed by atoms with Crippen molar-refractivity contribution in [3.63, 3.8) is 0 Å². The molecule has 1 aliphatic rings. The van der Waals surface area contributed by atoms with Gasteiger partial charge in [0.15, 0.2) is 5.78 Å². The number of carbonyl (C=O) groups is 1. The molecule has 3 heteroatoms. The summed E-state index contributed by atoms with van der Waals surface area (Å²) in [4.78, 5) is 12.3. The fourth-order valence-corrected chi connectivity index (χ4v) is 2.51. The first-order valence-electron chi connectivity index (χ1n) is 6.11. The Kier molecular flexibility index (Phi) is 3.57. The number of hydrogen-bond acceptors (Lipinski definition) is 2. The largest absolute Gasteiger partial charge is 0.316 e. The highest BCUT2D eigenvalue weighted by molar-refractivity contribution is 5.99. The number of aryl methyl sites for hydroxylation is 2. The molecule has 17 heavy (non-hydrogen) atoms. The van der Waals surface area contributed by atoms with Crippen LogP contribution in [0.4, 0.5) is 4.39 Å². The van der Waals surface area contributed by atoms with Crippen molar-refractivity contribution in [3.8, 4) is 0 Å². The molecule has 1 aliphatic heterocycles. The third-order valence-electron chi connectivity index (χ3n) is 3.35. The number of rotatable bonds is 2. The van der Waals surface area contributed by atoms with Gasteiger partial charge in [0, 0.05) is 12.5 Å². The van der Waals surface area contributed by atoms with Crippen LogP contribution in [0.25, 0.3) is 0 Å². The molecule has 1 heterocycles. The van der Waals surface area contributed by atoms with E-state index in [0.717, 1.165) is 30.5 Å². The Hall–Kier alpha value is -1.22. The lowest BCUT2D eigenvalue weighted by Crippen LogP contribution is -2.35. The molecule has 0 aliphatic carbocycles. The topological polar surface area (TPSA) is 29.1 Å². The monoisotopic (exact) mass is 235 g/mol. The number of hydrogen-bond donors (Lipinski definition) is 1. The van der Waals surface area contributed by atoms with Crippen molar-refractivity contribution in [2.45, 2.75) is 26.7 Å². The number of ketones is 1. The second-order valence-electron chi connectivity index (χ2n) is 4.85. The summed E-state index contributed by atoms with van der Waals surface area (Å²) in [5.74, 6) is -0.495. The maximum Gasteiger partial charge on any atom is 0.170 e. The highest BCUT2D eigenvalue weighted by Crippen LogP contribution is 2.22. The van der Waals surface area contributed by atoms with Gasteiger partial charge in [-0.15, -0.1) is 0 Å². The van der Waals surface area contributed by atoms with E-state index in [9.17, 15) is 9.18 Å². The highest BCUT2D eigenvalue weighted by atomic mass is 19.1. The highest BCUT2D eigenvalue weighted by Gasteiger charge is 2.25. The second-order valence-corrected chi connectivity index (χ2v) is 4.85. The predicted molar refractivity (Wildman–Crippen MR) is 65.8 cm³/mol. The fraction of sp³-hybridized carbons (Fsp3) is 0.500. The van der Waals surface area contributed by atoms with E-state index in [1.165, 1.54) is 6.07 Å². The number of Topliss-reactive ketones (excluding diaryl/α,β-unsaturated/α-hetero) is 1. The predicted octanol–water partition coefficient (Wildman–Crippen LogP) is 2.62. The molecule has 0 spiro atoms. The van der Waals surface area contributed by atoms with Crippen molar-refractivity contribution in [2.75, 3.05) is 13.1 Å². The molecule has 1 fully saturated rings. The lowest BCUT2D eigenvalue weighted by atomic mass is 9.88. The van der Waals surface area contributed by atoms with Gasteiger partial charge < -0.3 is 5.32 Å². The molecule has 0 amide bonds. The average Bonchev–Trinajstić information content (AvgIpc) is 2.28. The van der Waals surface area contributed by atoms with E-state index in [-0.39, 0.29) is 23.1 Å². The fourth-order valence-electron chi connectivity index (χ4n) is 2.51. The van der Waals surface area contributed by atoms with Gasteiger partial charge in [0.1, 0.15) is 5.82 Å². The zero-order valence-corrected chi connectivity index (χ0v) is 10.3. The van der Waals surface area contributed by atoms with Crippen molar-refractivity contribution in [1.82, 2.24) is 5.32 Å². The second kappa shape index (κ2) is 4.96. The van der Waals surface area contributed by atoms with Gasteiger partial charge in [-0.3, -0.25) is 4.79 Å². The molecule has 0 aromatic heterocycles. The van der Waals surface area contributed by atoms with E-state index in [1.807, 2.05) is 13.0 Å². The van der Waals surface area contributed by atoms with Gasteiger partial charge in [-0.2, -0.15) is 0 Å². The van der Waals surface area contributed by atoms with Crippen LogP contribution >= 0.6 is 0 Å². The Morgan fingerprint density at radius 1 is 1.41 bits per heavy atom. The molecule has 1 aromatic rings. The van der Waals surface area contributed by atoms with Crippen LogP contribution in [0, 0.1) is 25.6 Å². The zero-order chi connectivity index (χ0) is 12.4. The number of halogens is 1. The first-order chi connectivity index (χ1) is 8.09. The quantitative estimate of drug-likeness (QED) is 0.798. The van der Waals surface area contributed by atoms with Crippen LogP contribution in [0.3, 0.4) is 0 Å². The normalized spacial score (nSPS) is 20.3. The molecule has 0 radical (unpaired) electrons. The van der Waals surface area contributed by atoms with Gasteiger partial charge in [-0.05, 0) is 50.4 Å². The van der Waals surface area contributed by atoms with Crippen molar-refractivity contribution in [3.05, 3.63) is 34.6 Å². The van der Waals surface area contributed by atoms with E-state index < -0.39 is 0 Å². The molecule has 0 saturated carbocycles. The Bertz CT molecular complexity index is 413. The minimum Gasteiger partial charge on any atom is -0.316 e. The van der Waals surface area contributed by atoms with E-state index in [2.05, 4.69) is 5.32 Å². The summed E-state index contributed by atoms with van der Waals surface area (Å²) < 4.78 is 13.9. The van der Waals surface area contributed by atoms with Crippen molar-refractivity contribution in [1.29, 1.82) is 0 Å². The number of carbonyl (C=O) groups excluding carboxylic acids is 1. The van der Waals surface area contributed by atoms with Gasteiger partial charge in [-0.25, -0.2) is 4.39 Å². The van der Waals surface area contributed by atoms with Crippen LogP contribution in [-0.2, 0) is 0 Å². The minimum absolute atomic E-state index is 0.0489. The Balaban J connectivity index is 2.30. The van der Waals surface area contributed by atoms with Crippen LogP contribution in [-0.4, -0.2) is 18.9 Å². The molecule has 2 nitrogen and oxygen atoms in total. The minimum atomic E-state index is -0.377. The number of nitrogens with one attached hydrogen (secondary N) is 1. The molecule has 1 unspecified atom stereocenters. The molecular formula is C14H18FNO. The third-order valence-corrected chi connectivity index (χ3v) is 3.35. The van der Waals surface area contributed by atoms with Crippen molar-refractivity contribution in [2.24, 2.45) is 5.92 Å². The summed E-state index contributed by atoms with van der Waals surface area (Å²) in [5.41, 5.74) is 1.89. The van der Waals surface area contributed by atoms with Gasteiger partial charge in [-0.1, -0.05) is 6.07 Å². The van der Waals surface area contributed by atoms with Crippen molar-refractivity contribution >= 4 is 5.78 Å². The van der Waals surface area contributed by atoms with Crippen LogP contribution in [0.2, 0.25) is 0 Å². The third kappa shape index (κ3) is 2.55. The van der Waals surface area contributed by atoms with Crippen LogP contribution < -0.4 is 5.32 Å². The first-order valence-corrected chi connectivity index (χ1v) is 6.11. The SMILES string of the molecule is Cc1cc(C)c(C(=O)C2CCCNC2)c(F)c1. The lowest BCUT2D eigenvalue weighted by Gasteiger charge is -2.22. The van der Waals surface area contributed by atoms with Gasteiger partial charge in [0.05, 0.1) is 5.56 Å². The molecule has 92 valence electrons. The molecule has 1 atom stereocenters. The molecular weight excluding hydrogens is 217 g/mol. The summed E-state index contributed by atoms with van der Waals surface area (Å²) in [5, 5.41) is 3.19. The van der Waals surface area contributed by atoms with Gasteiger partial charge >= 0.3 is 0 Å². The molecule has 2 rings (SSSR count). The van der Waals surface area contributed by atoms with E-state index in [1.54, 1.807) is 6.92 Å². The Labute approximate surface area is 101 Å². The summed E-state index contributed by atoms with van der Waals surface area (Å²) in [6.07, 6.45) is 1.85. The lowest BCUT2D eigenvalue weighted by molar-refractivity contribution is 0.0895. The average molecular weight is 235 g/mol.